The summed E-state index contributed by atoms with van der Waals surface area (Å²) in [5.74, 6) is 2.16. The van der Waals surface area contributed by atoms with Crippen LogP contribution in [0.15, 0.2) is 24.3 Å². The zero-order chi connectivity index (χ0) is 16.2. The molecule has 0 saturated heterocycles. The van der Waals surface area contributed by atoms with E-state index in [0.29, 0.717) is 0 Å². The van der Waals surface area contributed by atoms with Crippen LogP contribution in [0.25, 0.3) is 0 Å². The van der Waals surface area contributed by atoms with E-state index in [-0.39, 0.29) is 5.41 Å². The van der Waals surface area contributed by atoms with Crippen molar-refractivity contribution in [3.63, 3.8) is 0 Å². The molecule has 2 heteroatoms. The van der Waals surface area contributed by atoms with Crippen molar-refractivity contribution in [2.75, 3.05) is 14.2 Å². The van der Waals surface area contributed by atoms with Crippen LogP contribution in [0.1, 0.15) is 46.2 Å². The van der Waals surface area contributed by atoms with Gasteiger partial charge in [0.1, 0.15) is 11.5 Å². The van der Waals surface area contributed by atoms with Crippen LogP contribution in [0.5, 0.6) is 11.5 Å². The second-order valence-electron chi connectivity index (χ2n) is 6.98. The molecular weight excluding hydrogens is 284 g/mol. The Labute approximate surface area is 138 Å². The van der Waals surface area contributed by atoms with Gasteiger partial charge < -0.3 is 9.47 Å². The molecule has 0 aliphatic heterocycles. The van der Waals surface area contributed by atoms with Gasteiger partial charge in [-0.25, -0.2) is 0 Å². The van der Waals surface area contributed by atoms with Gasteiger partial charge in [0.2, 0.25) is 0 Å². The normalized spacial score (nSPS) is 17.2. The van der Waals surface area contributed by atoms with Gasteiger partial charge in [-0.2, -0.15) is 0 Å². The molecule has 1 spiro atoms. The summed E-state index contributed by atoms with van der Waals surface area (Å²) in [4.78, 5) is 0. The van der Waals surface area contributed by atoms with Crippen molar-refractivity contribution in [2.45, 2.75) is 44.9 Å². The van der Waals surface area contributed by atoms with Gasteiger partial charge in [0.15, 0.2) is 0 Å². The molecule has 0 amide bonds. The van der Waals surface area contributed by atoms with E-state index in [9.17, 15) is 0 Å². The summed E-state index contributed by atoms with van der Waals surface area (Å²) in [5, 5.41) is 0. The van der Waals surface area contributed by atoms with Crippen molar-refractivity contribution in [3.8, 4) is 11.5 Å². The first-order chi connectivity index (χ1) is 11.1. The fraction of sp³-hybridized carbons (Fsp3) is 0.429. The monoisotopic (exact) mass is 308 g/mol. The molecule has 0 N–H and O–H groups in total. The lowest BCUT2D eigenvalue weighted by Gasteiger charge is -2.30. The van der Waals surface area contributed by atoms with E-state index in [0.717, 1.165) is 37.2 Å². The first kappa shape index (κ1) is 14.6. The molecule has 0 unspecified atom stereocenters. The Morgan fingerprint density at radius 1 is 0.739 bits per heavy atom. The third-order valence-electron chi connectivity index (χ3n) is 5.89. The van der Waals surface area contributed by atoms with Crippen molar-refractivity contribution in [1.82, 2.24) is 0 Å². The molecule has 0 bridgehead atoms. The zero-order valence-corrected chi connectivity index (χ0v) is 14.5. The van der Waals surface area contributed by atoms with Gasteiger partial charge in [-0.05, 0) is 61.8 Å². The highest BCUT2D eigenvalue weighted by atomic mass is 16.5. The number of hydrogen-bond donors (Lipinski definition) is 0. The highest BCUT2D eigenvalue weighted by molar-refractivity contribution is 5.65. The van der Waals surface area contributed by atoms with Crippen LogP contribution in [-0.2, 0) is 18.3 Å². The number of aryl methyl sites for hydroxylation is 4. The first-order valence-corrected chi connectivity index (χ1v) is 8.46. The molecule has 0 fully saturated rings. The smallest absolute Gasteiger partial charge is 0.126 e. The van der Waals surface area contributed by atoms with Gasteiger partial charge in [-0.1, -0.05) is 24.3 Å². The van der Waals surface area contributed by atoms with Crippen molar-refractivity contribution >= 4 is 0 Å². The Morgan fingerprint density at radius 3 is 1.57 bits per heavy atom. The molecular formula is C21H24O2. The average Bonchev–Trinajstić information content (AvgIpc) is 3.11. The number of hydrogen-bond acceptors (Lipinski definition) is 2. The van der Waals surface area contributed by atoms with Crippen molar-refractivity contribution in [3.05, 3.63) is 57.6 Å². The molecule has 4 rings (SSSR count). The van der Waals surface area contributed by atoms with E-state index in [1.165, 1.54) is 33.4 Å². The molecule has 23 heavy (non-hydrogen) atoms. The van der Waals surface area contributed by atoms with Gasteiger partial charge in [-0.15, -0.1) is 0 Å². The summed E-state index contributed by atoms with van der Waals surface area (Å²) >= 11 is 0. The van der Waals surface area contributed by atoms with Crippen LogP contribution in [0.2, 0.25) is 0 Å². The van der Waals surface area contributed by atoms with Gasteiger partial charge in [-0.3, -0.25) is 0 Å². The van der Waals surface area contributed by atoms with Crippen LogP contribution < -0.4 is 9.47 Å². The van der Waals surface area contributed by atoms with E-state index in [2.05, 4.69) is 38.1 Å². The van der Waals surface area contributed by atoms with E-state index >= 15 is 0 Å². The number of methoxy groups -OCH3 is 2. The number of ether oxygens (including phenoxy) is 2. The van der Waals surface area contributed by atoms with E-state index < -0.39 is 0 Å². The predicted molar refractivity (Wildman–Crippen MR) is 92.9 cm³/mol. The molecule has 2 nitrogen and oxygen atoms in total. The lowest BCUT2D eigenvalue weighted by atomic mass is 9.75. The molecule has 0 atom stereocenters. The van der Waals surface area contributed by atoms with E-state index in [1.54, 1.807) is 14.2 Å². The minimum Gasteiger partial charge on any atom is -0.496 e. The summed E-state index contributed by atoms with van der Waals surface area (Å²) in [7, 11) is 3.61. The molecule has 0 aromatic heterocycles. The summed E-state index contributed by atoms with van der Waals surface area (Å²) in [5.41, 5.74) is 8.26. The first-order valence-electron chi connectivity index (χ1n) is 8.46. The summed E-state index contributed by atoms with van der Waals surface area (Å²) in [6.07, 6.45) is 4.58. The molecule has 2 aliphatic carbocycles. The molecule has 0 saturated carbocycles. The van der Waals surface area contributed by atoms with E-state index in [4.69, 9.17) is 9.47 Å². The second kappa shape index (κ2) is 5.02. The third kappa shape index (κ3) is 1.81. The van der Waals surface area contributed by atoms with Gasteiger partial charge >= 0.3 is 0 Å². The fourth-order valence-electron chi connectivity index (χ4n) is 4.89. The largest absolute Gasteiger partial charge is 0.496 e. The zero-order valence-electron chi connectivity index (χ0n) is 14.5. The Morgan fingerprint density at radius 2 is 1.17 bits per heavy atom. The maximum Gasteiger partial charge on any atom is 0.126 e. The summed E-state index contributed by atoms with van der Waals surface area (Å²) < 4.78 is 11.7. The molecule has 120 valence electrons. The van der Waals surface area contributed by atoms with E-state index in [1.807, 2.05) is 0 Å². The lowest BCUT2D eigenvalue weighted by molar-refractivity contribution is 0.376. The van der Waals surface area contributed by atoms with Crippen molar-refractivity contribution in [1.29, 1.82) is 0 Å². The third-order valence-corrected chi connectivity index (χ3v) is 5.89. The van der Waals surface area contributed by atoms with Crippen molar-refractivity contribution in [2.24, 2.45) is 0 Å². The Bertz CT molecular complexity index is 721. The molecule has 2 aromatic carbocycles. The quantitative estimate of drug-likeness (QED) is 0.813. The highest BCUT2D eigenvalue weighted by Gasteiger charge is 2.48. The standard InChI is InChI=1S/C21H24O2/c1-13-5-7-15-9-11-21(17(15)19(13)22-3)12-10-16-8-6-14(2)20(23-4)18(16)21/h5-8H,9-12H2,1-4H3. The van der Waals surface area contributed by atoms with Gasteiger partial charge in [0, 0.05) is 16.5 Å². The van der Waals surface area contributed by atoms with Crippen molar-refractivity contribution < 1.29 is 9.47 Å². The molecule has 2 aliphatic rings. The maximum atomic E-state index is 5.85. The number of rotatable bonds is 2. The molecule has 0 radical (unpaired) electrons. The van der Waals surface area contributed by atoms with Crippen LogP contribution in [0, 0.1) is 13.8 Å². The second-order valence-corrected chi connectivity index (χ2v) is 6.98. The van der Waals surface area contributed by atoms with Crippen LogP contribution in [0.4, 0.5) is 0 Å². The van der Waals surface area contributed by atoms with Crippen LogP contribution in [0.3, 0.4) is 0 Å². The topological polar surface area (TPSA) is 18.5 Å². The Kier molecular flexibility index (Phi) is 3.19. The number of benzene rings is 2. The maximum absolute atomic E-state index is 5.85. The Balaban J connectivity index is 2.04. The fourth-order valence-corrected chi connectivity index (χ4v) is 4.89. The lowest BCUT2D eigenvalue weighted by Crippen LogP contribution is -2.23. The van der Waals surface area contributed by atoms with Crippen LogP contribution >= 0.6 is 0 Å². The average molecular weight is 308 g/mol. The predicted octanol–water partition coefficient (Wildman–Crippen LogP) is 4.50. The molecule has 2 aromatic rings. The highest BCUT2D eigenvalue weighted by Crippen LogP contribution is 2.58. The minimum absolute atomic E-state index is 0.0688. The Hall–Kier alpha value is -1.96. The SMILES string of the molecule is COc1c(C)ccc2c1C1(CC2)CCc2ccc(C)c(OC)c21. The summed E-state index contributed by atoms with van der Waals surface area (Å²) in [6.45, 7) is 4.29. The van der Waals surface area contributed by atoms with Crippen LogP contribution in [-0.4, -0.2) is 14.2 Å². The summed E-state index contributed by atoms with van der Waals surface area (Å²) in [6, 6.07) is 8.98. The molecule has 0 heterocycles. The number of fused-ring (bicyclic) bond motifs is 4. The van der Waals surface area contributed by atoms with Gasteiger partial charge in [0.05, 0.1) is 14.2 Å². The van der Waals surface area contributed by atoms with Gasteiger partial charge in [0.25, 0.3) is 0 Å². The minimum atomic E-state index is 0.0688.